The highest BCUT2D eigenvalue weighted by Gasteiger charge is 2.26. The molecule has 5 amide bonds. The van der Waals surface area contributed by atoms with E-state index in [0.717, 1.165) is 16.7 Å². The Morgan fingerprint density at radius 3 is 1.27 bits per heavy atom. The van der Waals surface area contributed by atoms with Gasteiger partial charge in [0.1, 0.15) is 31.9 Å². The summed E-state index contributed by atoms with van der Waals surface area (Å²) in [6, 6.07) is 25.3. The van der Waals surface area contributed by atoms with Gasteiger partial charge in [-0.1, -0.05) is 91.0 Å². The number of ether oxygens (including phenoxy) is 3. The number of rotatable bonds is 24. The molecule has 6 N–H and O–H groups in total. The molecular weight excluding hydrogens is 710 g/mol. The minimum Gasteiger partial charge on any atom is -0.480 e. The van der Waals surface area contributed by atoms with Gasteiger partial charge in [0.15, 0.2) is 0 Å². The van der Waals surface area contributed by atoms with Crippen molar-refractivity contribution in [2.24, 2.45) is 0 Å². The Balaban J connectivity index is 1.42. The third-order valence-corrected chi connectivity index (χ3v) is 8.13. The number of benzene rings is 3. The summed E-state index contributed by atoms with van der Waals surface area (Å²) in [7, 11) is 0. The van der Waals surface area contributed by atoms with Crippen molar-refractivity contribution in [2.75, 3.05) is 19.6 Å². The van der Waals surface area contributed by atoms with Crippen LogP contribution in [0.3, 0.4) is 0 Å². The first-order valence-electron chi connectivity index (χ1n) is 18.4. The minimum atomic E-state index is -1.24. The smallest absolute Gasteiger partial charge is 0.407 e. The van der Waals surface area contributed by atoms with Crippen LogP contribution in [0, 0.1) is 0 Å². The van der Waals surface area contributed by atoms with Crippen LogP contribution in [0.15, 0.2) is 91.0 Å². The molecule has 3 aromatic carbocycles. The molecule has 3 rings (SSSR count). The second kappa shape index (κ2) is 25.8. The lowest BCUT2D eigenvalue weighted by Crippen LogP contribution is -2.51. The molecule has 0 saturated carbocycles. The number of hydrogen-bond acceptors (Lipinski definition) is 9. The van der Waals surface area contributed by atoms with Gasteiger partial charge in [-0.2, -0.15) is 0 Å². The lowest BCUT2D eigenvalue weighted by molar-refractivity contribution is -0.142. The van der Waals surface area contributed by atoms with Gasteiger partial charge < -0.3 is 45.9 Å². The van der Waals surface area contributed by atoms with Gasteiger partial charge in [-0.15, -0.1) is 0 Å². The van der Waals surface area contributed by atoms with E-state index in [2.05, 4.69) is 26.6 Å². The molecule has 0 fully saturated rings. The number of carbonyl (C=O) groups is 6. The Bertz CT molecular complexity index is 1610. The molecule has 15 heteroatoms. The molecule has 0 radical (unpaired) electrons. The molecule has 2 atom stereocenters. The summed E-state index contributed by atoms with van der Waals surface area (Å²) in [5.41, 5.74) is 2.52. The van der Waals surface area contributed by atoms with Crippen LogP contribution < -0.4 is 26.6 Å². The van der Waals surface area contributed by atoms with E-state index in [1.54, 1.807) is 0 Å². The number of unbranched alkanes of at least 4 members (excludes halogenated alkanes) is 2. The van der Waals surface area contributed by atoms with Gasteiger partial charge in [0.2, 0.25) is 11.8 Å². The van der Waals surface area contributed by atoms with Crippen molar-refractivity contribution in [3.63, 3.8) is 0 Å². The van der Waals surface area contributed by atoms with E-state index < -0.39 is 48.1 Å². The van der Waals surface area contributed by atoms with E-state index in [-0.39, 0.29) is 65.1 Å². The number of amides is 5. The Labute approximate surface area is 320 Å². The monoisotopic (exact) mass is 761 g/mol. The first-order valence-corrected chi connectivity index (χ1v) is 18.4. The third-order valence-electron chi connectivity index (χ3n) is 8.13. The molecule has 3 aromatic rings. The summed E-state index contributed by atoms with van der Waals surface area (Å²) in [5, 5.41) is 22.9. The predicted octanol–water partition coefficient (Wildman–Crippen LogP) is 4.94. The van der Waals surface area contributed by atoms with Crippen LogP contribution in [0.2, 0.25) is 0 Å². The number of carboxylic acids is 1. The molecule has 15 nitrogen and oxygen atoms in total. The molecule has 0 bridgehead atoms. The average Bonchev–Trinajstić information content (AvgIpc) is 3.20. The van der Waals surface area contributed by atoms with Crippen molar-refractivity contribution in [2.45, 2.75) is 83.3 Å². The molecule has 55 heavy (non-hydrogen) atoms. The van der Waals surface area contributed by atoms with E-state index in [1.165, 1.54) is 0 Å². The standard InChI is InChI=1S/C40H51N5O10/c46-35(23-14-26-43-40(52)55-29-32-19-8-3-9-20-32)44-33(21-10-12-24-41-38(50)53-27-30-15-4-1-5-16-30)36(47)45-34(37(48)49)22-11-13-25-42-39(51)54-28-31-17-6-2-7-18-31/h1-9,15-20,33-34H,10-14,21-29H2,(H,41,50)(H,42,51)(H,43,52)(H,44,46)(H,45,47)(H,48,49)/t33?,34-/m0/s1. The third kappa shape index (κ3) is 19.5. The van der Waals surface area contributed by atoms with Gasteiger partial charge in [-0.25, -0.2) is 19.2 Å². The topological polar surface area (TPSA) is 210 Å². The second-order valence-corrected chi connectivity index (χ2v) is 12.6. The zero-order valence-electron chi connectivity index (χ0n) is 30.8. The van der Waals surface area contributed by atoms with Gasteiger partial charge in [0, 0.05) is 26.1 Å². The number of carbonyl (C=O) groups excluding carboxylic acids is 5. The van der Waals surface area contributed by atoms with Crippen LogP contribution in [-0.2, 0) is 48.4 Å². The number of carboxylic acid groups (broad SMARTS) is 1. The molecule has 0 heterocycles. The van der Waals surface area contributed by atoms with Crippen LogP contribution >= 0.6 is 0 Å². The van der Waals surface area contributed by atoms with E-state index in [9.17, 15) is 33.9 Å². The fourth-order valence-electron chi connectivity index (χ4n) is 5.15. The lowest BCUT2D eigenvalue weighted by Gasteiger charge is -2.22. The van der Waals surface area contributed by atoms with E-state index >= 15 is 0 Å². The quantitative estimate of drug-likeness (QED) is 0.0535. The van der Waals surface area contributed by atoms with Crippen molar-refractivity contribution < 1.29 is 48.1 Å². The molecule has 0 spiro atoms. The molecule has 0 aliphatic carbocycles. The fourth-order valence-corrected chi connectivity index (χ4v) is 5.15. The maximum absolute atomic E-state index is 13.3. The molecule has 1 unspecified atom stereocenters. The Morgan fingerprint density at radius 2 is 0.873 bits per heavy atom. The summed E-state index contributed by atoms with van der Waals surface area (Å²) < 4.78 is 15.5. The largest absolute Gasteiger partial charge is 0.480 e. The second-order valence-electron chi connectivity index (χ2n) is 12.6. The molecule has 0 aliphatic heterocycles. The average molecular weight is 762 g/mol. The van der Waals surface area contributed by atoms with Crippen molar-refractivity contribution >= 4 is 36.1 Å². The normalized spacial score (nSPS) is 11.6. The Hall–Kier alpha value is -6.12. The highest BCUT2D eigenvalue weighted by molar-refractivity contribution is 5.90. The fraction of sp³-hybridized carbons (Fsp3) is 0.400. The molecule has 0 aliphatic rings. The zero-order chi connectivity index (χ0) is 39.5. The highest BCUT2D eigenvalue weighted by Crippen LogP contribution is 2.08. The maximum Gasteiger partial charge on any atom is 0.407 e. The number of alkyl carbamates (subject to hydrolysis) is 3. The van der Waals surface area contributed by atoms with E-state index in [0.29, 0.717) is 25.7 Å². The number of hydrogen-bond donors (Lipinski definition) is 6. The van der Waals surface area contributed by atoms with Crippen LogP contribution in [-0.4, -0.2) is 72.9 Å². The van der Waals surface area contributed by atoms with Gasteiger partial charge in [0.05, 0.1) is 0 Å². The van der Waals surface area contributed by atoms with Crippen molar-refractivity contribution in [3.05, 3.63) is 108 Å². The Kier molecular flexibility index (Phi) is 20.3. The van der Waals surface area contributed by atoms with Gasteiger partial charge in [0.25, 0.3) is 0 Å². The first kappa shape index (κ1) is 43.3. The summed E-state index contributed by atoms with van der Waals surface area (Å²) in [5.74, 6) is -2.36. The van der Waals surface area contributed by atoms with E-state index in [1.807, 2.05) is 91.0 Å². The Morgan fingerprint density at radius 1 is 0.491 bits per heavy atom. The molecular formula is C40H51N5O10. The first-order chi connectivity index (χ1) is 26.7. The number of aliphatic carboxylic acids is 1. The van der Waals surface area contributed by atoms with Crippen molar-refractivity contribution in [3.8, 4) is 0 Å². The lowest BCUT2D eigenvalue weighted by atomic mass is 10.1. The number of nitrogens with one attached hydrogen (secondary N) is 5. The van der Waals surface area contributed by atoms with E-state index in [4.69, 9.17) is 14.2 Å². The van der Waals surface area contributed by atoms with Crippen LogP contribution in [0.5, 0.6) is 0 Å². The molecule has 296 valence electrons. The zero-order valence-corrected chi connectivity index (χ0v) is 30.8. The van der Waals surface area contributed by atoms with Crippen molar-refractivity contribution in [1.29, 1.82) is 0 Å². The van der Waals surface area contributed by atoms with Crippen LogP contribution in [0.4, 0.5) is 14.4 Å². The molecule has 0 aromatic heterocycles. The predicted molar refractivity (Wildman–Crippen MR) is 202 cm³/mol. The SMILES string of the molecule is O=C(CCCNC(=O)OCc1ccccc1)NC(CCCCNC(=O)OCc1ccccc1)C(=O)N[C@@H](CCCCNC(=O)OCc1ccccc1)C(=O)O. The van der Waals surface area contributed by atoms with Gasteiger partial charge >= 0.3 is 24.2 Å². The van der Waals surface area contributed by atoms with Gasteiger partial charge in [-0.3, -0.25) is 9.59 Å². The summed E-state index contributed by atoms with van der Waals surface area (Å²) in [6.45, 7) is 1.01. The van der Waals surface area contributed by atoms with Gasteiger partial charge in [-0.05, 0) is 61.6 Å². The minimum absolute atomic E-state index is 0.0132. The van der Waals surface area contributed by atoms with Crippen molar-refractivity contribution in [1.82, 2.24) is 26.6 Å². The summed E-state index contributed by atoms with van der Waals surface area (Å²) in [4.78, 5) is 74.3. The molecule has 0 saturated heterocycles. The maximum atomic E-state index is 13.3. The van der Waals surface area contributed by atoms with Crippen LogP contribution in [0.1, 0.15) is 68.1 Å². The highest BCUT2D eigenvalue weighted by atomic mass is 16.6. The summed E-state index contributed by atoms with van der Waals surface area (Å²) >= 11 is 0. The van der Waals surface area contributed by atoms with Crippen LogP contribution in [0.25, 0.3) is 0 Å². The summed E-state index contributed by atoms with van der Waals surface area (Å²) in [6.07, 6.45) is 0.381.